The molecule has 0 unspecified atom stereocenters. The molecule has 0 amide bonds. The van der Waals surface area contributed by atoms with E-state index in [1.807, 2.05) is 18.2 Å². The summed E-state index contributed by atoms with van der Waals surface area (Å²) in [6.07, 6.45) is 1.35. The molecule has 86 valence electrons. The molecule has 0 bridgehead atoms. The largest absolute Gasteiger partial charge is 0.361 e. The van der Waals surface area contributed by atoms with Gasteiger partial charge < -0.3 is 4.52 Å². The third kappa shape index (κ3) is 1.68. The Morgan fingerprint density at radius 3 is 2.76 bits per heavy atom. The lowest BCUT2D eigenvalue weighted by atomic mass is 9.82. The number of nitrogens with zero attached hydrogens (tertiary/aromatic N) is 1. The van der Waals surface area contributed by atoms with E-state index in [1.165, 1.54) is 5.56 Å². The molecule has 0 spiro atoms. The number of rotatable bonds is 1. The van der Waals surface area contributed by atoms with Gasteiger partial charge in [-0.1, -0.05) is 35.5 Å². The molecule has 0 aliphatic heterocycles. The first kappa shape index (κ1) is 10.3. The average Bonchev–Trinajstić information content (AvgIpc) is 2.73. The van der Waals surface area contributed by atoms with Gasteiger partial charge in [-0.25, -0.2) is 0 Å². The summed E-state index contributed by atoms with van der Waals surface area (Å²) in [5.74, 6) is 1.04. The monoisotopic (exact) mass is 227 g/mol. The maximum absolute atomic E-state index is 12.1. The number of fused-ring (bicyclic) bond motifs is 1. The summed E-state index contributed by atoms with van der Waals surface area (Å²) in [6.45, 7) is 1.80. The number of hydrogen-bond donors (Lipinski definition) is 0. The van der Waals surface area contributed by atoms with E-state index < -0.39 is 0 Å². The highest BCUT2D eigenvalue weighted by atomic mass is 16.5. The lowest BCUT2D eigenvalue weighted by molar-refractivity contribution is 0.0963. The van der Waals surface area contributed by atoms with Crippen molar-refractivity contribution in [3.63, 3.8) is 0 Å². The number of ketones is 1. The molecular formula is C14H13NO2. The highest BCUT2D eigenvalue weighted by molar-refractivity contribution is 5.99. The Bertz CT molecular complexity index is 557. The quantitative estimate of drug-likeness (QED) is 0.752. The van der Waals surface area contributed by atoms with Crippen LogP contribution < -0.4 is 0 Å². The van der Waals surface area contributed by atoms with Crippen LogP contribution in [0.15, 0.2) is 34.9 Å². The number of hydrogen-bond acceptors (Lipinski definition) is 3. The Hall–Kier alpha value is -1.90. The third-order valence-electron chi connectivity index (χ3n) is 3.35. The van der Waals surface area contributed by atoms with Crippen LogP contribution in [0.5, 0.6) is 0 Å². The van der Waals surface area contributed by atoms with Crippen molar-refractivity contribution in [2.45, 2.75) is 25.7 Å². The number of aryl methyl sites for hydroxylation is 1. The van der Waals surface area contributed by atoms with Crippen LogP contribution in [0.3, 0.4) is 0 Å². The van der Waals surface area contributed by atoms with E-state index in [1.54, 1.807) is 6.92 Å². The Kier molecular flexibility index (Phi) is 2.32. The van der Waals surface area contributed by atoms with Crippen LogP contribution in [0.1, 0.15) is 39.7 Å². The molecule has 1 aliphatic carbocycles. The molecule has 0 fully saturated rings. The molecule has 0 radical (unpaired) electrons. The topological polar surface area (TPSA) is 43.1 Å². The second-order valence-electron chi connectivity index (χ2n) is 4.50. The van der Waals surface area contributed by atoms with Crippen molar-refractivity contribution in [3.05, 3.63) is 52.9 Å². The number of carbonyl (C=O) groups is 1. The van der Waals surface area contributed by atoms with Gasteiger partial charge in [0.05, 0.1) is 11.3 Å². The molecular weight excluding hydrogens is 214 g/mol. The van der Waals surface area contributed by atoms with Crippen LogP contribution in [0, 0.1) is 6.92 Å². The van der Waals surface area contributed by atoms with E-state index in [0.29, 0.717) is 17.7 Å². The second-order valence-corrected chi connectivity index (χ2v) is 4.50. The summed E-state index contributed by atoms with van der Waals surface area (Å²) in [4.78, 5) is 12.1. The molecule has 1 atom stereocenters. The van der Waals surface area contributed by atoms with Crippen molar-refractivity contribution >= 4 is 5.78 Å². The lowest BCUT2D eigenvalue weighted by Crippen LogP contribution is -2.18. The first-order valence-electron chi connectivity index (χ1n) is 5.79. The molecule has 2 aromatic rings. The number of benzene rings is 1. The Morgan fingerprint density at radius 1 is 1.24 bits per heavy atom. The van der Waals surface area contributed by atoms with Crippen molar-refractivity contribution < 1.29 is 9.32 Å². The predicted octanol–water partition coefficient (Wildman–Crippen LogP) is 2.90. The zero-order valence-corrected chi connectivity index (χ0v) is 9.64. The summed E-state index contributed by atoms with van der Waals surface area (Å²) < 4.78 is 5.10. The van der Waals surface area contributed by atoms with Gasteiger partial charge >= 0.3 is 0 Å². The van der Waals surface area contributed by atoms with Gasteiger partial charge in [0.15, 0.2) is 5.78 Å². The summed E-state index contributed by atoms with van der Waals surface area (Å²) in [5.41, 5.74) is 2.72. The molecule has 1 aromatic heterocycles. The molecule has 1 aliphatic rings. The van der Waals surface area contributed by atoms with E-state index >= 15 is 0 Å². The molecule has 0 N–H and O–H groups in total. The van der Waals surface area contributed by atoms with Crippen molar-refractivity contribution in [2.24, 2.45) is 0 Å². The fourth-order valence-electron chi connectivity index (χ4n) is 2.51. The maximum atomic E-state index is 12.1. The Labute approximate surface area is 99.4 Å². The van der Waals surface area contributed by atoms with Crippen LogP contribution in [-0.4, -0.2) is 10.9 Å². The maximum Gasteiger partial charge on any atom is 0.168 e. The van der Waals surface area contributed by atoms with Crippen LogP contribution in [-0.2, 0) is 6.42 Å². The van der Waals surface area contributed by atoms with E-state index in [9.17, 15) is 4.79 Å². The van der Waals surface area contributed by atoms with Crippen LogP contribution in [0.4, 0.5) is 0 Å². The third-order valence-corrected chi connectivity index (χ3v) is 3.35. The minimum absolute atomic E-state index is 0.152. The molecule has 17 heavy (non-hydrogen) atoms. The normalized spacial score (nSPS) is 19.1. The van der Waals surface area contributed by atoms with Crippen LogP contribution >= 0.6 is 0 Å². The average molecular weight is 227 g/mol. The van der Waals surface area contributed by atoms with Crippen molar-refractivity contribution in [2.75, 3.05) is 0 Å². The second kappa shape index (κ2) is 3.84. The molecule has 1 heterocycles. The number of carbonyl (C=O) groups excluding carboxylic acids is 1. The number of aromatic nitrogens is 1. The molecule has 0 saturated carbocycles. The summed E-state index contributed by atoms with van der Waals surface area (Å²) in [7, 11) is 0. The van der Waals surface area contributed by atoms with Gasteiger partial charge in [0, 0.05) is 12.8 Å². The molecule has 3 nitrogen and oxygen atoms in total. The van der Waals surface area contributed by atoms with Gasteiger partial charge in [-0.05, 0) is 18.4 Å². The first-order valence-corrected chi connectivity index (χ1v) is 5.79. The minimum Gasteiger partial charge on any atom is -0.361 e. The Balaban J connectivity index is 1.97. The minimum atomic E-state index is 0.152. The highest BCUT2D eigenvalue weighted by Gasteiger charge is 2.30. The lowest BCUT2D eigenvalue weighted by Gasteiger charge is -2.20. The van der Waals surface area contributed by atoms with Gasteiger partial charge in [-0.2, -0.15) is 0 Å². The van der Waals surface area contributed by atoms with Crippen LogP contribution in [0.2, 0.25) is 0 Å². The van der Waals surface area contributed by atoms with E-state index in [0.717, 1.165) is 12.1 Å². The van der Waals surface area contributed by atoms with Gasteiger partial charge in [0.1, 0.15) is 5.76 Å². The van der Waals surface area contributed by atoms with Crippen molar-refractivity contribution in [3.8, 4) is 0 Å². The summed E-state index contributed by atoms with van der Waals surface area (Å²) in [6, 6.07) is 10.1. The van der Waals surface area contributed by atoms with Gasteiger partial charge in [0.2, 0.25) is 0 Å². The van der Waals surface area contributed by atoms with Crippen molar-refractivity contribution in [1.82, 2.24) is 5.16 Å². The fraction of sp³-hybridized carbons (Fsp3) is 0.286. The molecule has 3 rings (SSSR count). The molecule has 0 saturated heterocycles. The SMILES string of the molecule is Cc1onc2c1C(=O)C[C@@H](c1ccccc1)C2. The van der Waals surface area contributed by atoms with Gasteiger partial charge in [-0.15, -0.1) is 0 Å². The zero-order valence-electron chi connectivity index (χ0n) is 9.64. The van der Waals surface area contributed by atoms with Crippen molar-refractivity contribution in [1.29, 1.82) is 0 Å². The fourth-order valence-corrected chi connectivity index (χ4v) is 2.51. The van der Waals surface area contributed by atoms with E-state index in [-0.39, 0.29) is 11.7 Å². The first-order chi connectivity index (χ1) is 8.25. The predicted molar refractivity (Wildman–Crippen MR) is 63.1 cm³/mol. The molecule has 1 aromatic carbocycles. The smallest absolute Gasteiger partial charge is 0.168 e. The highest BCUT2D eigenvalue weighted by Crippen LogP contribution is 2.33. The molecule has 3 heteroatoms. The zero-order chi connectivity index (χ0) is 11.8. The Morgan fingerprint density at radius 2 is 2.00 bits per heavy atom. The number of Topliss-reactive ketones (excluding diaryl/α,β-unsaturated/α-hetero) is 1. The van der Waals surface area contributed by atoms with E-state index in [2.05, 4.69) is 17.3 Å². The summed E-state index contributed by atoms with van der Waals surface area (Å²) >= 11 is 0. The standard InChI is InChI=1S/C14H13NO2/c1-9-14-12(15-17-9)7-11(8-13(14)16)10-5-3-2-4-6-10/h2-6,11H,7-8H2,1H3/t11-/m0/s1. The summed E-state index contributed by atoms with van der Waals surface area (Å²) in [5, 5.41) is 3.99. The van der Waals surface area contributed by atoms with Crippen LogP contribution in [0.25, 0.3) is 0 Å². The van der Waals surface area contributed by atoms with E-state index in [4.69, 9.17) is 4.52 Å². The van der Waals surface area contributed by atoms with Gasteiger partial charge in [-0.3, -0.25) is 4.79 Å². The van der Waals surface area contributed by atoms with Gasteiger partial charge in [0.25, 0.3) is 0 Å².